The van der Waals surface area contributed by atoms with Crippen molar-refractivity contribution in [3.8, 4) is 22.8 Å². The van der Waals surface area contributed by atoms with Gasteiger partial charge < -0.3 is 25.6 Å². The van der Waals surface area contributed by atoms with E-state index < -0.39 is 22.9 Å². The minimum Gasteiger partial charge on any atom is -0.494 e. The summed E-state index contributed by atoms with van der Waals surface area (Å²) >= 11 is -0.289. The Kier molecular flexibility index (Phi) is 8.36. The number of aliphatic hydroxyl groups is 1. The van der Waals surface area contributed by atoms with Gasteiger partial charge in [0.1, 0.15) is 22.6 Å². The van der Waals surface area contributed by atoms with E-state index >= 15 is 0 Å². The first-order valence-electron chi connectivity index (χ1n) is 14.8. The fourth-order valence-electron chi connectivity index (χ4n) is 5.52. The Morgan fingerprint density at radius 2 is 1.91 bits per heavy atom. The molecule has 4 N–H and O–H groups in total. The van der Waals surface area contributed by atoms with Crippen molar-refractivity contribution in [3.05, 3.63) is 65.5 Å². The van der Waals surface area contributed by atoms with Gasteiger partial charge in [-0.1, -0.05) is 12.1 Å². The van der Waals surface area contributed by atoms with E-state index in [0.717, 1.165) is 18.2 Å². The van der Waals surface area contributed by atoms with Crippen molar-refractivity contribution < 1.29 is 37.3 Å². The molecule has 2 aliphatic carbocycles. The second kappa shape index (κ2) is 12.1. The zero-order valence-electron chi connectivity index (χ0n) is 25.1. The summed E-state index contributed by atoms with van der Waals surface area (Å²) in [5, 5.41) is 20.3. The van der Waals surface area contributed by atoms with Crippen LogP contribution in [-0.4, -0.2) is 57.5 Å². The third kappa shape index (κ3) is 6.49. The molecule has 0 aliphatic heterocycles. The normalized spacial score (nSPS) is 16.2. The number of nitrogens with two attached hydrogens (primary N) is 1. The van der Waals surface area contributed by atoms with Crippen LogP contribution in [0.3, 0.4) is 0 Å². The van der Waals surface area contributed by atoms with Crippen LogP contribution in [0.5, 0.6) is 11.5 Å². The predicted molar refractivity (Wildman–Crippen MR) is 165 cm³/mol. The molecule has 4 aromatic rings. The molecule has 6 rings (SSSR count). The van der Waals surface area contributed by atoms with Crippen molar-refractivity contribution in [1.29, 1.82) is 0 Å². The molecule has 2 heterocycles. The van der Waals surface area contributed by atoms with Gasteiger partial charge in [-0.05, 0) is 80.6 Å². The minimum absolute atomic E-state index is 0.0118. The lowest BCUT2D eigenvalue weighted by atomic mass is 9.90. The number of amides is 2. The molecular formula is C32H32F3N5O5S. The number of methoxy groups -OCH3 is 1. The first-order chi connectivity index (χ1) is 21.9. The largest absolute Gasteiger partial charge is 0.494 e. The van der Waals surface area contributed by atoms with Crippen LogP contribution in [0.2, 0.25) is 0 Å². The predicted octanol–water partition coefficient (Wildman–Crippen LogP) is 5.58. The molecular weight excluding hydrogens is 623 g/mol. The van der Waals surface area contributed by atoms with Crippen LogP contribution in [0.25, 0.3) is 22.2 Å². The molecule has 2 amide bonds. The van der Waals surface area contributed by atoms with Crippen molar-refractivity contribution in [2.45, 2.75) is 54.7 Å². The van der Waals surface area contributed by atoms with Crippen LogP contribution >= 0.6 is 11.8 Å². The van der Waals surface area contributed by atoms with Gasteiger partial charge in [0, 0.05) is 27.6 Å². The third-order valence-electron chi connectivity index (χ3n) is 8.08. The van der Waals surface area contributed by atoms with E-state index in [1.807, 2.05) is 10.9 Å². The molecule has 1 atom stereocenters. The fraction of sp³-hybridized carbons (Fsp3) is 0.375. The number of fused-ring (bicyclic) bond motifs is 1. The maximum atomic E-state index is 13.5. The highest BCUT2D eigenvalue weighted by Gasteiger charge is 2.47. The number of nitrogens with zero attached hydrogens (tertiary/aromatic N) is 3. The summed E-state index contributed by atoms with van der Waals surface area (Å²) in [6.45, 7) is 1.53. The fourth-order valence-corrected chi connectivity index (χ4v) is 6.12. The Bertz CT molecular complexity index is 1820. The van der Waals surface area contributed by atoms with E-state index in [1.54, 1.807) is 19.1 Å². The number of thioether (sulfide) groups is 1. The van der Waals surface area contributed by atoms with Gasteiger partial charge in [0.15, 0.2) is 5.75 Å². The lowest BCUT2D eigenvalue weighted by Crippen LogP contribution is -2.43. The lowest BCUT2D eigenvalue weighted by molar-refractivity contribution is -0.0328. The molecule has 0 radical (unpaired) electrons. The number of benzene rings is 2. The van der Waals surface area contributed by atoms with Gasteiger partial charge in [0.05, 0.1) is 37.6 Å². The van der Waals surface area contributed by atoms with Crippen LogP contribution in [0.1, 0.15) is 65.1 Å². The molecule has 2 aromatic carbocycles. The van der Waals surface area contributed by atoms with E-state index in [0.29, 0.717) is 35.7 Å². The van der Waals surface area contributed by atoms with E-state index in [1.165, 1.54) is 37.4 Å². The van der Waals surface area contributed by atoms with Crippen molar-refractivity contribution in [2.75, 3.05) is 20.3 Å². The zero-order chi connectivity index (χ0) is 32.8. The molecule has 10 nitrogen and oxygen atoms in total. The van der Waals surface area contributed by atoms with E-state index in [-0.39, 0.29) is 64.0 Å². The van der Waals surface area contributed by atoms with E-state index in [4.69, 9.17) is 15.2 Å². The zero-order valence-corrected chi connectivity index (χ0v) is 25.9. The number of aromatic nitrogens is 3. The number of nitrogens with one attached hydrogen (secondary N) is 1. The van der Waals surface area contributed by atoms with Gasteiger partial charge in [-0.2, -0.15) is 18.3 Å². The summed E-state index contributed by atoms with van der Waals surface area (Å²) in [5.41, 5.74) is 0.645. The highest BCUT2D eigenvalue weighted by atomic mass is 32.2. The van der Waals surface area contributed by atoms with Gasteiger partial charge >= 0.3 is 5.51 Å². The van der Waals surface area contributed by atoms with Crippen LogP contribution < -0.4 is 20.5 Å². The number of halogens is 3. The highest BCUT2D eigenvalue weighted by molar-refractivity contribution is 8.00. The average molecular weight is 656 g/mol. The number of rotatable bonds is 12. The lowest BCUT2D eigenvalue weighted by Gasteiger charge is -2.29. The van der Waals surface area contributed by atoms with Crippen molar-refractivity contribution in [1.82, 2.24) is 20.1 Å². The monoisotopic (exact) mass is 655 g/mol. The molecule has 0 unspecified atom stereocenters. The Balaban J connectivity index is 1.36. The van der Waals surface area contributed by atoms with Crippen LogP contribution in [0.4, 0.5) is 13.2 Å². The highest BCUT2D eigenvalue weighted by Crippen LogP contribution is 2.47. The maximum absolute atomic E-state index is 13.5. The van der Waals surface area contributed by atoms with Gasteiger partial charge in [-0.25, -0.2) is 4.98 Å². The number of carbonyl (C=O) groups excluding carboxylic acids is 2. The average Bonchev–Trinajstić information content (AvgIpc) is 3.95. The van der Waals surface area contributed by atoms with Crippen molar-refractivity contribution in [2.24, 2.45) is 11.7 Å². The molecule has 46 heavy (non-hydrogen) atoms. The van der Waals surface area contributed by atoms with Crippen molar-refractivity contribution in [3.63, 3.8) is 0 Å². The minimum atomic E-state index is -4.52. The maximum Gasteiger partial charge on any atom is 0.446 e. The van der Waals surface area contributed by atoms with E-state index in [2.05, 4.69) is 15.4 Å². The molecule has 242 valence electrons. The Morgan fingerprint density at radius 1 is 1.15 bits per heavy atom. The van der Waals surface area contributed by atoms with Crippen molar-refractivity contribution >= 4 is 34.5 Å². The van der Waals surface area contributed by atoms with E-state index in [9.17, 15) is 27.9 Å². The molecule has 2 saturated carbocycles. The Morgan fingerprint density at radius 3 is 2.54 bits per heavy atom. The van der Waals surface area contributed by atoms with Gasteiger partial charge in [-0.15, -0.1) is 0 Å². The number of primary amides is 1. The molecule has 0 bridgehead atoms. The summed E-state index contributed by atoms with van der Waals surface area (Å²) < 4.78 is 52.7. The van der Waals surface area contributed by atoms with Crippen LogP contribution in [-0.2, 0) is 5.60 Å². The number of pyridine rings is 1. The first-order valence-corrected chi connectivity index (χ1v) is 15.6. The number of hydrogen-bond acceptors (Lipinski definition) is 8. The number of alkyl halides is 3. The molecule has 14 heteroatoms. The molecule has 2 aliphatic rings. The first kappa shape index (κ1) is 31.7. The molecule has 2 fully saturated rings. The number of hydrogen-bond donors (Lipinski definition) is 3. The number of ether oxygens (including phenoxy) is 2. The molecule has 0 spiro atoms. The Hall–Kier alpha value is -4.30. The second-order valence-corrected chi connectivity index (χ2v) is 12.6. The summed E-state index contributed by atoms with van der Waals surface area (Å²) in [5.74, 6) is -1.23. The molecule has 0 saturated heterocycles. The number of carbonyl (C=O) groups is 2. The second-order valence-electron chi connectivity index (χ2n) is 11.4. The topological polar surface area (TPSA) is 142 Å². The Labute approximate surface area is 266 Å². The smallest absolute Gasteiger partial charge is 0.446 e. The van der Waals surface area contributed by atoms with Gasteiger partial charge in [0.25, 0.3) is 11.8 Å². The van der Waals surface area contributed by atoms with Gasteiger partial charge in [-0.3, -0.25) is 14.3 Å². The molecule has 2 aromatic heterocycles. The SMILES string of the molecule is CCOc1c(C(N)=O)cc([C@@](O)(CNC(=O)c2cc(OC)c3nn(C4CC4)cc3c2)C2CC2)nc1-c1cccc(SC(F)(F)F)c1. The van der Waals surface area contributed by atoms with Gasteiger partial charge in [0.2, 0.25) is 0 Å². The third-order valence-corrected chi connectivity index (χ3v) is 8.80. The summed E-state index contributed by atoms with van der Waals surface area (Å²) in [6, 6.07) is 10.5. The standard InChI is InChI=1S/C32H32F3N5O5S/c1-3-45-28-23(29(36)41)14-25(38-27(28)17-5-4-6-22(12-17)46-32(33,34)35)31(43,20-7-8-20)16-37-30(42)18-11-19-15-40(21-9-10-21)39-26(19)24(13-18)44-2/h4-6,11-15,20-21,43H,3,7-10,16H2,1-2H3,(H2,36,41)(H,37,42)/t31-/m1/s1. The summed E-state index contributed by atoms with van der Waals surface area (Å²) in [4.78, 5) is 30.7. The van der Waals surface area contributed by atoms with Crippen LogP contribution in [0, 0.1) is 5.92 Å². The van der Waals surface area contributed by atoms with Crippen LogP contribution in [0.15, 0.2) is 53.6 Å². The summed E-state index contributed by atoms with van der Waals surface area (Å²) in [7, 11) is 1.50. The summed E-state index contributed by atoms with van der Waals surface area (Å²) in [6.07, 6.45) is 5.21. The quantitative estimate of drug-likeness (QED) is 0.168.